The van der Waals surface area contributed by atoms with Crippen molar-refractivity contribution in [2.24, 2.45) is 38.9 Å². The molecule has 0 unspecified atom stereocenters. The number of benzene rings is 1. The van der Waals surface area contributed by atoms with Gasteiger partial charge in [-0.3, -0.25) is 14.6 Å². The Hall–Kier alpha value is -3.67. The van der Waals surface area contributed by atoms with Crippen LogP contribution in [0.15, 0.2) is 40.4 Å². The Bertz CT molecular complexity index is 839. The van der Waals surface area contributed by atoms with Crippen LogP contribution in [0.4, 0.5) is 4.79 Å². The fourth-order valence-corrected chi connectivity index (χ4v) is 3.13. The number of nitrogens with zero attached hydrogens (tertiary/aromatic N) is 2. The van der Waals surface area contributed by atoms with Crippen LogP contribution in [0.1, 0.15) is 38.7 Å². The van der Waals surface area contributed by atoms with Gasteiger partial charge in [0.25, 0.3) is 0 Å². The van der Waals surface area contributed by atoms with Gasteiger partial charge in [0.15, 0.2) is 5.96 Å². The molecule has 1 aromatic carbocycles. The summed E-state index contributed by atoms with van der Waals surface area (Å²) >= 11 is 0. The maximum atomic E-state index is 13.2. The third kappa shape index (κ3) is 12.4. The quantitative estimate of drug-likeness (QED) is 0.0796. The number of aliphatic imine (C=N–C) groups is 1. The van der Waals surface area contributed by atoms with E-state index in [0.717, 1.165) is 5.56 Å². The number of hydrogen-bond donors (Lipinski definition) is 7. The Morgan fingerprint density at radius 2 is 1.71 bits per heavy atom. The molecule has 0 aliphatic carbocycles. The van der Waals surface area contributed by atoms with Gasteiger partial charge in [0, 0.05) is 19.2 Å². The fraction of sp³-hybridized carbons (Fsp3) is 0.500. The van der Waals surface area contributed by atoms with Gasteiger partial charge < -0.3 is 33.6 Å². The topological polar surface area (TPSA) is 216 Å². The second-order valence-corrected chi connectivity index (χ2v) is 8.31. The molecule has 0 spiro atoms. The third-order valence-electron chi connectivity index (χ3n) is 4.70. The standard InChI is InChI=1S/C22H37N9O3/c1-14(2)11-17(23)19(32)30-18(12-15-7-4-3-5-8-15)20(33)29-16(13-28-31-22(26)34)9-6-10-27-21(24)25/h3-5,7-8,13-14,16-18H,6,9-12,23H2,1-2H3,(H,29,33)(H,30,32)(H4,24,25,27)(H3,26,31,34)/b28-13+/t16-,17-,18-/m0/s1. The highest BCUT2D eigenvalue weighted by Gasteiger charge is 2.26. The van der Waals surface area contributed by atoms with E-state index in [-0.39, 0.29) is 18.3 Å². The van der Waals surface area contributed by atoms with Crippen molar-refractivity contribution in [2.75, 3.05) is 6.54 Å². The van der Waals surface area contributed by atoms with Crippen molar-refractivity contribution < 1.29 is 14.4 Å². The van der Waals surface area contributed by atoms with Crippen molar-refractivity contribution in [1.29, 1.82) is 0 Å². The largest absolute Gasteiger partial charge is 0.370 e. The third-order valence-corrected chi connectivity index (χ3v) is 4.70. The summed E-state index contributed by atoms with van der Waals surface area (Å²) in [6.07, 6.45) is 3.06. The summed E-state index contributed by atoms with van der Waals surface area (Å²) in [5.41, 5.74) is 24.7. The molecule has 3 atom stereocenters. The number of hydrazone groups is 1. The number of hydrogen-bond acceptors (Lipinski definition) is 6. The summed E-state index contributed by atoms with van der Waals surface area (Å²) in [6.45, 7) is 4.28. The monoisotopic (exact) mass is 475 g/mol. The molecule has 12 nitrogen and oxygen atoms in total. The molecular formula is C22H37N9O3. The van der Waals surface area contributed by atoms with Gasteiger partial charge in [-0.15, -0.1) is 0 Å². The Labute approximate surface area is 200 Å². The maximum absolute atomic E-state index is 13.2. The second kappa shape index (κ2) is 15.2. The van der Waals surface area contributed by atoms with Crippen LogP contribution < -0.4 is 39.0 Å². The molecule has 0 saturated carbocycles. The first-order valence-electron chi connectivity index (χ1n) is 11.1. The molecule has 0 fully saturated rings. The Kier molecular flexibility index (Phi) is 12.7. The SMILES string of the molecule is CC(C)C[C@H](N)C(=O)N[C@@H](Cc1ccccc1)C(=O)N[C@H](/C=N/NC(N)=O)CCCN=C(N)N. The first kappa shape index (κ1) is 28.4. The van der Waals surface area contributed by atoms with Crippen LogP contribution in [0.2, 0.25) is 0 Å². The molecule has 188 valence electrons. The molecule has 0 bridgehead atoms. The van der Waals surface area contributed by atoms with E-state index < -0.39 is 36.0 Å². The molecule has 1 aromatic rings. The number of carbonyl (C=O) groups excluding carboxylic acids is 3. The van der Waals surface area contributed by atoms with E-state index in [2.05, 4.69) is 26.2 Å². The normalized spacial score (nSPS) is 13.6. The van der Waals surface area contributed by atoms with Gasteiger partial charge in [-0.05, 0) is 30.7 Å². The van der Waals surface area contributed by atoms with E-state index in [1.165, 1.54) is 6.21 Å². The number of amides is 4. The number of nitrogens with two attached hydrogens (primary N) is 4. The van der Waals surface area contributed by atoms with Gasteiger partial charge in [-0.2, -0.15) is 5.10 Å². The summed E-state index contributed by atoms with van der Waals surface area (Å²) in [7, 11) is 0. The molecule has 34 heavy (non-hydrogen) atoms. The highest BCUT2D eigenvalue weighted by molar-refractivity contribution is 5.91. The minimum atomic E-state index is -0.870. The van der Waals surface area contributed by atoms with Crippen molar-refractivity contribution in [3.8, 4) is 0 Å². The lowest BCUT2D eigenvalue weighted by Crippen LogP contribution is -2.54. The summed E-state index contributed by atoms with van der Waals surface area (Å²) < 4.78 is 0. The predicted molar refractivity (Wildman–Crippen MR) is 133 cm³/mol. The lowest BCUT2D eigenvalue weighted by atomic mass is 10.0. The molecule has 11 N–H and O–H groups in total. The lowest BCUT2D eigenvalue weighted by Gasteiger charge is -2.23. The summed E-state index contributed by atoms with van der Waals surface area (Å²) in [5.74, 6) is -0.636. The highest BCUT2D eigenvalue weighted by atomic mass is 16.2. The summed E-state index contributed by atoms with van der Waals surface area (Å²) in [5, 5.41) is 9.35. The van der Waals surface area contributed by atoms with E-state index in [1.807, 2.05) is 44.2 Å². The molecule has 0 heterocycles. The van der Waals surface area contributed by atoms with E-state index in [4.69, 9.17) is 22.9 Å². The van der Waals surface area contributed by atoms with Crippen LogP contribution in [0.3, 0.4) is 0 Å². The zero-order valence-corrected chi connectivity index (χ0v) is 19.7. The molecule has 0 saturated heterocycles. The maximum Gasteiger partial charge on any atom is 0.332 e. The smallest absolute Gasteiger partial charge is 0.332 e. The average Bonchev–Trinajstić information content (AvgIpc) is 2.75. The Balaban J connectivity index is 2.97. The van der Waals surface area contributed by atoms with Gasteiger partial charge in [0.1, 0.15) is 6.04 Å². The minimum absolute atomic E-state index is 0.0342. The van der Waals surface area contributed by atoms with Crippen LogP contribution in [0.25, 0.3) is 0 Å². The van der Waals surface area contributed by atoms with E-state index in [9.17, 15) is 14.4 Å². The number of guanidine groups is 1. The predicted octanol–water partition coefficient (Wildman–Crippen LogP) is -0.720. The molecule has 0 aliphatic heterocycles. The molecule has 0 aliphatic rings. The fourth-order valence-electron chi connectivity index (χ4n) is 3.13. The van der Waals surface area contributed by atoms with Crippen molar-refractivity contribution >= 4 is 30.0 Å². The summed E-state index contributed by atoms with van der Waals surface area (Å²) in [4.78, 5) is 40.6. The van der Waals surface area contributed by atoms with Crippen LogP contribution in [0, 0.1) is 5.92 Å². The van der Waals surface area contributed by atoms with Crippen molar-refractivity contribution in [2.45, 2.75) is 57.7 Å². The number of nitrogens with one attached hydrogen (secondary N) is 3. The number of carbonyl (C=O) groups is 3. The van der Waals surface area contributed by atoms with E-state index >= 15 is 0 Å². The molecule has 12 heteroatoms. The van der Waals surface area contributed by atoms with Gasteiger partial charge in [-0.1, -0.05) is 44.2 Å². The highest BCUT2D eigenvalue weighted by Crippen LogP contribution is 2.07. The Morgan fingerprint density at radius 1 is 1.03 bits per heavy atom. The van der Waals surface area contributed by atoms with Gasteiger partial charge in [-0.25, -0.2) is 10.2 Å². The van der Waals surface area contributed by atoms with Crippen LogP contribution >= 0.6 is 0 Å². The first-order valence-corrected chi connectivity index (χ1v) is 11.1. The summed E-state index contributed by atoms with van der Waals surface area (Å²) in [6, 6.07) is 6.29. The molecule has 4 amide bonds. The van der Waals surface area contributed by atoms with Crippen LogP contribution in [-0.2, 0) is 16.0 Å². The van der Waals surface area contributed by atoms with Crippen molar-refractivity contribution in [3.05, 3.63) is 35.9 Å². The lowest BCUT2D eigenvalue weighted by molar-refractivity contribution is -0.130. The number of urea groups is 1. The minimum Gasteiger partial charge on any atom is -0.370 e. The molecule has 1 rings (SSSR count). The van der Waals surface area contributed by atoms with Crippen LogP contribution in [-0.4, -0.2) is 54.7 Å². The van der Waals surface area contributed by atoms with Crippen molar-refractivity contribution in [1.82, 2.24) is 16.1 Å². The number of primary amides is 1. The molecular weight excluding hydrogens is 438 g/mol. The number of rotatable bonds is 14. The van der Waals surface area contributed by atoms with E-state index in [1.54, 1.807) is 0 Å². The second-order valence-electron chi connectivity index (χ2n) is 8.31. The zero-order chi connectivity index (χ0) is 25.5. The van der Waals surface area contributed by atoms with Gasteiger partial charge in [0.05, 0.1) is 12.1 Å². The zero-order valence-electron chi connectivity index (χ0n) is 19.7. The average molecular weight is 476 g/mol. The first-order chi connectivity index (χ1) is 16.1. The Morgan fingerprint density at radius 3 is 2.29 bits per heavy atom. The molecule has 0 radical (unpaired) electrons. The van der Waals surface area contributed by atoms with Gasteiger partial charge >= 0.3 is 6.03 Å². The van der Waals surface area contributed by atoms with Crippen molar-refractivity contribution in [3.63, 3.8) is 0 Å². The van der Waals surface area contributed by atoms with Gasteiger partial charge in [0.2, 0.25) is 11.8 Å². The van der Waals surface area contributed by atoms with E-state index in [0.29, 0.717) is 25.8 Å². The van der Waals surface area contributed by atoms with Crippen LogP contribution in [0.5, 0.6) is 0 Å². The molecule has 0 aromatic heterocycles.